The Hall–Kier alpha value is -2.93. The van der Waals surface area contributed by atoms with E-state index in [1.54, 1.807) is 17.1 Å². The van der Waals surface area contributed by atoms with Crippen molar-refractivity contribution in [3.05, 3.63) is 65.8 Å². The van der Waals surface area contributed by atoms with Gasteiger partial charge in [0.15, 0.2) is 5.76 Å². The Morgan fingerprint density at radius 1 is 1.15 bits per heavy atom. The molecule has 3 heterocycles. The van der Waals surface area contributed by atoms with E-state index in [-0.39, 0.29) is 5.91 Å². The summed E-state index contributed by atoms with van der Waals surface area (Å²) in [7, 11) is 0. The number of aromatic nitrogens is 3. The van der Waals surface area contributed by atoms with Gasteiger partial charge in [-0.3, -0.25) is 9.69 Å². The van der Waals surface area contributed by atoms with Gasteiger partial charge in [-0.2, -0.15) is 5.10 Å². The molecule has 26 heavy (non-hydrogen) atoms. The molecule has 0 atom stereocenters. The van der Waals surface area contributed by atoms with E-state index in [0.29, 0.717) is 18.7 Å². The molecule has 1 aromatic carbocycles. The summed E-state index contributed by atoms with van der Waals surface area (Å²) in [5.74, 6) is 0.897. The van der Waals surface area contributed by atoms with Crippen LogP contribution in [0.15, 0.2) is 53.3 Å². The summed E-state index contributed by atoms with van der Waals surface area (Å²) in [5, 5.41) is 8.23. The molecular weight excluding hydrogens is 330 g/mol. The van der Waals surface area contributed by atoms with Crippen molar-refractivity contribution < 1.29 is 9.32 Å². The molecule has 0 saturated carbocycles. The summed E-state index contributed by atoms with van der Waals surface area (Å²) in [6.07, 6.45) is 3.43. The Morgan fingerprint density at radius 3 is 2.62 bits per heavy atom. The maximum atomic E-state index is 12.7. The molecule has 4 rings (SSSR count). The molecule has 2 aromatic heterocycles. The number of aryl methyl sites for hydroxylation is 1. The van der Waals surface area contributed by atoms with Gasteiger partial charge >= 0.3 is 0 Å². The van der Waals surface area contributed by atoms with Crippen molar-refractivity contribution in [2.75, 3.05) is 26.2 Å². The molecule has 0 radical (unpaired) electrons. The first-order chi connectivity index (χ1) is 12.7. The number of para-hydroxylation sites is 1. The van der Waals surface area contributed by atoms with Crippen LogP contribution in [0.2, 0.25) is 0 Å². The van der Waals surface area contributed by atoms with Crippen LogP contribution < -0.4 is 0 Å². The summed E-state index contributed by atoms with van der Waals surface area (Å²) < 4.78 is 7.00. The maximum Gasteiger partial charge on any atom is 0.257 e. The predicted molar refractivity (Wildman–Crippen MR) is 96.0 cm³/mol. The van der Waals surface area contributed by atoms with Gasteiger partial charge in [0.25, 0.3) is 5.91 Å². The van der Waals surface area contributed by atoms with Gasteiger partial charge in [-0.1, -0.05) is 23.4 Å². The fraction of sp³-hybridized carbons (Fsp3) is 0.316. The second-order valence-corrected chi connectivity index (χ2v) is 6.51. The van der Waals surface area contributed by atoms with Crippen molar-refractivity contribution in [1.82, 2.24) is 24.7 Å². The molecule has 1 aliphatic rings. The van der Waals surface area contributed by atoms with Gasteiger partial charge in [-0.05, 0) is 19.1 Å². The lowest BCUT2D eigenvalue weighted by Crippen LogP contribution is -2.48. The second-order valence-electron chi connectivity index (χ2n) is 6.51. The smallest absolute Gasteiger partial charge is 0.257 e. The van der Waals surface area contributed by atoms with E-state index in [2.05, 4.69) is 15.2 Å². The first kappa shape index (κ1) is 16.5. The zero-order valence-corrected chi connectivity index (χ0v) is 14.7. The average molecular weight is 351 g/mol. The van der Waals surface area contributed by atoms with E-state index in [4.69, 9.17) is 4.52 Å². The summed E-state index contributed by atoms with van der Waals surface area (Å²) in [6.45, 7) is 5.68. The van der Waals surface area contributed by atoms with Crippen molar-refractivity contribution in [2.45, 2.75) is 13.5 Å². The van der Waals surface area contributed by atoms with Crippen molar-refractivity contribution >= 4 is 5.91 Å². The van der Waals surface area contributed by atoms with E-state index < -0.39 is 0 Å². The van der Waals surface area contributed by atoms with Crippen LogP contribution in [-0.4, -0.2) is 56.8 Å². The molecule has 1 aliphatic heterocycles. The molecule has 1 amide bonds. The van der Waals surface area contributed by atoms with E-state index >= 15 is 0 Å². The number of benzene rings is 1. The van der Waals surface area contributed by atoms with Crippen LogP contribution >= 0.6 is 0 Å². The van der Waals surface area contributed by atoms with Crippen LogP contribution in [0.5, 0.6) is 0 Å². The van der Waals surface area contributed by atoms with E-state index in [0.717, 1.165) is 36.8 Å². The molecule has 0 unspecified atom stereocenters. The van der Waals surface area contributed by atoms with Crippen LogP contribution in [0.4, 0.5) is 0 Å². The molecular formula is C19H21N5O2. The van der Waals surface area contributed by atoms with Crippen molar-refractivity contribution in [1.29, 1.82) is 0 Å². The lowest BCUT2D eigenvalue weighted by Gasteiger charge is -2.33. The molecule has 0 bridgehead atoms. The number of amides is 1. The highest BCUT2D eigenvalue weighted by atomic mass is 16.5. The summed E-state index contributed by atoms with van der Waals surface area (Å²) in [5.41, 5.74) is 2.45. The first-order valence-electron chi connectivity index (χ1n) is 8.73. The highest BCUT2D eigenvalue weighted by Gasteiger charge is 2.23. The van der Waals surface area contributed by atoms with Gasteiger partial charge in [-0.25, -0.2) is 4.68 Å². The third kappa shape index (κ3) is 3.52. The average Bonchev–Trinajstić information content (AvgIpc) is 3.32. The van der Waals surface area contributed by atoms with E-state index in [1.807, 2.05) is 48.2 Å². The Morgan fingerprint density at radius 2 is 1.92 bits per heavy atom. The number of hydrogen-bond donors (Lipinski definition) is 0. The number of nitrogens with zero attached hydrogens (tertiary/aromatic N) is 5. The quantitative estimate of drug-likeness (QED) is 0.720. The van der Waals surface area contributed by atoms with E-state index in [9.17, 15) is 4.79 Å². The van der Waals surface area contributed by atoms with Crippen LogP contribution in [0.25, 0.3) is 5.69 Å². The largest absolute Gasteiger partial charge is 0.360 e. The molecule has 7 nitrogen and oxygen atoms in total. The Labute approximate surface area is 151 Å². The monoisotopic (exact) mass is 351 g/mol. The lowest BCUT2D eigenvalue weighted by atomic mass is 10.2. The minimum absolute atomic E-state index is 0.0299. The van der Waals surface area contributed by atoms with E-state index in [1.165, 1.54) is 0 Å². The molecule has 7 heteroatoms. The summed E-state index contributed by atoms with van der Waals surface area (Å²) >= 11 is 0. The van der Waals surface area contributed by atoms with Gasteiger partial charge in [0.05, 0.1) is 29.7 Å². The lowest BCUT2D eigenvalue weighted by molar-refractivity contribution is 0.0617. The van der Waals surface area contributed by atoms with Gasteiger partial charge < -0.3 is 9.42 Å². The SMILES string of the molecule is Cc1cc(CN2CCN(C(=O)c3cnn(-c4ccccc4)c3)CC2)on1. The van der Waals surface area contributed by atoms with Crippen molar-refractivity contribution in [2.24, 2.45) is 0 Å². The van der Waals surface area contributed by atoms with Gasteiger partial charge in [0, 0.05) is 38.4 Å². The van der Waals surface area contributed by atoms with Crippen LogP contribution in [0.3, 0.4) is 0 Å². The zero-order valence-electron chi connectivity index (χ0n) is 14.7. The van der Waals surface area contributed by atoms with Crippen LogP contribution in [0, 0.1) is 6.92 Å². The predicted octanol–water partition coefficient (Wildman–Crippen LogP) is 2.13. The topological polar surface area (TPSA) is 67.4 Å². The normalized spacial score (nSPS) is 15.3. The Kier molecular flexibility index (Phi) is 4.53. The summed E-state index contributed by atoms with van der Waals surface area (Å²) in [4.78, 5) is 16.9. The van der Waals surface area contributed by atoms with Crippen LogP contribution in [-0.2, 0) is 6.54 Å². The number of carbonyl (C=O) groups is 1. The van der Waals surface area contributed by atoms with Gasteiger partial charge in [0.1, 0.15) is 0 Å². The highest BCUT2D eigenvalue weighted by Crippen LogP contribution is 2.13. The molecule has 1 fully saturated rings. The molecule has 0 N–H and O–H groups in total. The Balaban J connectivity index is 1.36. The minimum Gasteiger partial charge on any atom is -0.360 e. The number of rotatable bonds is 4. The third-order valence-corrected chi connectivity index (χ3v) is 4.57. The maximum absolute atomic E-state index is 12.7. The fourth-order valence-corrected chi connectivity index (χ4v) is 3.16. The van der Waals surface area contributed by atoms with Crippen molar-refractivity contribution in [3.63, 3.8) is 0 Å². The third-order valence-electron chi connectivity index (χ3n) is 4.57. The fourth-order valence-electron chi connectivity index (χ4n) is 3.16. The van der Waals surface area contributed by atoms with Gasteiger partial charge in [0.2, 0.25) is 0 Å². The summed E-state index contributed by atoms with van der Waals surface area (Å²) in [6, 6.07) is 11.7. The molecule has 1 saturated heterocycles. The first-order valence-corrected chi connectivity index (χ1v) is 8.73. The minimum atomic E-state index is 0.0299. The Bertz CT molecular complexity index is 878. The standard InChI is InChI=1S/C19H21N5O2/c1-15-11-18(26-21-15)14-22-7-9-23(10-8-22)19(25)16-12-20-24(13-16)17-5-3-2-4-6-17/h2-6,11-13H,7-10,14H2,1H3. The molecule has 3 aromatic rings. The number of carbonyl (C=O) groups excluding carboxylic acids is 1. The number of piperazine rings is 1. The number of hydrogen-bond acceptors (Lipinski definition) is 5. The molecule has 0 spiro atoms. The zero-order chi connectivity index (χ0) is 17.9. The van der Waals surface area contributed by atoms with Crippen molar-refractivity contribution in [3.8, 4) is 5.69 Å². The highest BCUT2D eigenvalue weighted by molar-refractivity contribution is 5.93. The molecule has 134 valence electrons. The second kappa shape index (κ2) is 7.13. The van der Waals surface area contributed by atoms with Crippen LogP contribution in [0.1, 0.15) is 21.8 Å². The molecule has 0 aliphatic carbocycles. The van der Waals surface area contributed by atoms with Gasteiger partial charge in [-0.15, -0.1) is 0 Å².